The number of halogens is 2. The van der Waals surface area contributed by atoms with Crippen LogP contribution in [0.3, 0.4) is 0 Å². The molecule has 0 amide bonds. The summed E-state index contributed by atoms with van der Waals surface area (Å²) < 4.78 is 28.2. The maximum Gasteiger partial charge on any atom is 0.245 e. The predicted octanol–water partition coefficient (Wildman–Crippen LogP) is 2.62. The van der Waals surface area contributed by atoms with Crippen molar-refractivity contribution in [1.82, 2.24) is 9.62 Å². The lowest BCUT2D eigenvalue weighted by molar-refractivity contribution is 0.334. The van der Waals surface area contributed by atoms with Crippen molar-refractivity contribution in [3.05, 3.63) is 27.7 Å². The largest absolute Gasteiger partial charge is 0.315 e. The van der Waals surface area contributed by atoms with Crippen molar-refractivity contribution in [2.45, 2.75) is 36.2 Å². The van der Waals surface area contributed by atoms with Gasteiger partial charge in [0.05, 0.1) is 5.02 Å². The van der Waals surface area contributed by atoms with E-state index in [2.05, 4.69) is 21.2 Å². The molecule has 2 unspecified atom stereocenters. The van der Waals surface area contributed by atoms with Crippen LogP contribution in [0.2, 0.25) is 5.02 Å². The van der Waals surface area contributed by atoms with Gasteiger partial charge in [-0.25, -0.2) is 8.42 Å². The second kappa shape index (κ2) is 5.57. The molecule has 2 saturated heterocycles. The van der Waals surface area contributed by atoms with E-state index in [1.165, 1.54) is 0 Å². The molecule has 7 heteroatoms. The second-order valence-corrected chi connectivity index (χ2v) is 8.31. The number of benzene rings is 1. The van der Waals surface area contributed by atoms with Gasteiger partial charge in [0.2, 0.25) is 10.0 Å². The summed E-state index contributed by atoms with van der Waals surface area (Å²) in [5.41, 5.74) is 0. The molecular formula is C13H16BrClN2O2S. The fourth-order valence-electron chi connectivity index (χ4n) is 3.13. The van der Waals surface area contributed by atoms with Gasteiger partial charge < -0.3 is 5.32 Å². The lowest BCUT2D eigenvalue weighted by atomic mass is 10.1. The summed E-state index contributed by atoms with van der Waals surface area (Å²) in [7, 11) is -3.54. The van der Waals surface area contributed by atoms with Crippen molar-refractivity contribution in [3.8, 4) is 0 Å². The Labute approximate surface area is 132 Å². The summed E-state index contributed by atoms with van der Waals surface area (Å²) >= 11 is 9.48. The number of rotatable bonds is 2. The fourth-order valence-corrected chi connectivity index (χ4v) is 6.03. The first kappa shape index (κ1) is 14.8. The fraction of sp³-hybridized carbons (Fsp3) is 0.538. The number of nitrogens with one attached hydrogen (secondary N) is 1. The molecule has 2 heterocycles. The van der Waals surface area contributed by atoms with Crippen molar-refractivity contribution < 1.29 is 8.42 Å². The lowest BCUT2D eigenvalue weighted by Gasteiger charge is -2.27. The van der Waals surface area contributed by atoms with E-state index in [1.807, 2.05) is 0 Å². The molecule has 0 saturated carbocycles. The summed E-state index contributed by atoms with van der Waals surface area (Å²) in [6, 6.07) is 5.18. The van der Waals surface area contributed by atoms with E-state index in [1.54, 1.807) is 22.5 Å². The standard InChI is InChI=1S/C13H16BrClN2O2S/c14-11-2-1-3-12(13(11)15)20(18,19)17-9-4-5-10(17)8-16-7-6-9/h1-3,9-10,16H,4-8H2. The zero-order valence-corrected chi connectivity index (χ0v) is 14.0. The first-order valence-electron chi connectivity index (χ1n) is 6.70. The van der Waals surface area contributed by atoms with Gasteiger partial charge >= 0.3 is 0 Å². The molecule has 110 valence electrons. The minimum absolute atomic E-state index is 0.0440. The topological polar surface area (TPSA) is 49.4 Å². The highest BCUT2D eigenvalue weighted by atomic mass is 79.9. The first-order chi connectivity index (χ1) is 9.51. The molecule has 1 N–H and O–H groups in total. The minimum Gasteiger partial charge on any atom is -0.315 e. The van der Waals surface area contributed by atoms with Gasteiger partial charge in [-0.15, -0.1) is 0 Å². The average Bonchev–Trinajstić information content (AvgIpc) is 2.66. The monoisotopic (exact) mass is 378 g/mol. The van der Waals surface area contributed by atoms with E-state index < -0.39 is 10.0 Å². The minimum atomic E-state index is -3.54. The third-order valence-corrected chi connectivity index (χ3v) is 7.51. The summed E-state index contributed by atoms with van der Waals surface area (Å²) in [5, 5.41) is 3.58. The van der Waals surface area contributed by atoms with Crippen molar-refractivity contribution in [1.29, 1.82) is 0 Å². The van der Waals surface area contributed by atoms with Gasteiger partial charge in [-0.1, -0.05) is 17.7 Å². The van der Waals surface area contributed by atoms with Crippen LogP contribution in [0.1, 0.15) is 19.3 Å². The second-order valence-electron chi connectivity index (χ2n) is 5.26. The SMILES string of the molecule is O=S(=O)(c1cccc(Br)c1Cl)N1C2CCNCC1CC2. The molecule has 0 spiro atoms. The van der Waals surface area contributed by atoms with Crippen LogP contribution in [-0.4, -0.2) is 37.9 Å². The summed E-state index contributed by atoms with van der Waals surface area (Å²) in [4.78, 5) is 0.201. The molecular weight excluding hydrogens is 364 g/mol. The number of hydrogen-bond donors (Lipinski definition) is 1. The summed E-state index contributed by atoms with van der Waals surface area (Å²) in [5.74, 6) is 0. The molecule has 2 fully saturated rings. The van der Waals surface area contributed by atoms with E-state index >= 15 is 0 Å². The molecule has 0 aromatic heterocycles. The third kappa shape index (κ3) is 2.41. The van der Waals surface area contributed by atoms with Crippen LogP contribution in [0.4, 0.5) is 0 Å². The van der Waals surface area contributed by atoms with Gasteiger partial charge in [0.25, 0.3) is 0 Å². The van der Waals surface area contributed by atoms with Crippen molar-refractivity contribution >= 4 is 37.6 Å². The zero-order chi connectivity index (χ0) is 14.3. The maximum atomic E-state index is 13.0. The highest BCUT2D eigenvalue weighted by Crippen LogP contribution is 2.37. The zero-order valence-electron chi connectivity index (χ0n) is 10.9. The normalized spacial score (nSPS) is 27.5. The Bertz CT molecular complexity index is 609. The highest BCUT2D eigenvalue weighted by Gasteiger charge is 2.43. The number of nitrogens with zero attached hydrogens (tertiary/aromatic N) is 1. The van der Waals surface area contributed by atoms with Crippen LogP contribution in [0.5, 0.6) is 0 Å². The van der Waals surface area contributed by atoms with Gasteiger partial charge in [-0.2, -0.15) is 4.31 Å². The number of sulfonamides is 1. The average molecular weight is 380 g/mol. The Balaban J connectivity index is 2.05. The quantitative estimate of drug-likeness (QED) is 0.859. The van der Waals surface area contributed by atoms with Gasteiger partial charge in [0.15, 0.2) is 0 Å². The van der Waals surface area contributed by atoms with E-state index in [4.69, 9.17) is 11.6 Å². The smallest absolute Gasteiger partial charge is 0.245 e. The predicted molar refractivity (Wildman–Crippen MR) is 82.5 cm³/mol. The van der Waals surface area contributed by atoms with Gasteiger partial charge in [0.1, 0.15) is 4.90 Å². The van der Waals surface area contributed by atoms with Crippen molar-refractivity contribution in [2.24, 2.45) is 0 Å². The molecule has 2 bridgehead atoms. The Hall–Kier alpha value is -0.140. The van der Waals surface area contributed by atoms with Crippen molar-refractivity contribution in [3.63, 3.8) is 0 Å². The van der Waals surface area contributed by atoms with Gasteiger partial charge in [0, 0.05) is 23.1 Å². The number of hydrogen-bond acceptors (Lipinski definition) is 3. The van der Waals surface area contributed by atoms with Crippen LogP contribution < -0.4 is 5.32 Å². The van der Waals surface area contributed by atoms with Crippen LogP contribution in [-0.2, 0) is 10.0 Å². The van der Waals surface area contributed by atoms with Gasteiger partial charge in [-0.05, 0) is 53.9 Å². The van der Waals surface area contributed by atoms with Crippen molar-refractivity contribution in [2.75, 3.05) is 13.1 Å². The molecule has 2 atom stereocenters. The third-order valence-electron chi connectivity index (χ3n) is 4.06. The maximum absolute atomic E-state index is 13.0. The highest BCUT2D eigenvalue weighted by molar-refractivity contribution is 9.10. The molecule has 4 nitrogen and oxygen atoms in total. The molecule has 1 aromatic carbocycles. The Morgan fingerprint density at radius 3 is 2.80 bits per heavy atom. The Morgan fingerprint density at radius 1 is 1.25 bits per heavy atom. The van der Waals surface area contributed by atoms with E-state index in [9.17, 15) is 8.42 Å². The molecule has 1 aromatic rings. The summed E-state index contributed by atoms with van der Waals surface area (Å²) in [6.07, 6.45) is 2.72. The molecule has 0 radical (unpaired) electrons. The molecule has 2 aliphatic rings. The number of fused-ring (bicyclic) bond motifs is 2. The first-order valence-corrected chi connectivity index (χ1v) is 9.31. The van der Waals surface area contributed by atoms with E-state index in [0.717, 1.165) is 32.4 Å². The lowest BCUT2D eigenvalue weighted by Crippen LogP contribution is -2.42. The van der Waals surface area contributed by atoms with E-state index in [0.29, 0.717) is 4.47 Å². The Kier molecular flexibility index (Phi) is 4.12. The molecule has 3 rings (SSSR count). The molecule has 2 aliphatic heterocycles. The van der Waals surface area contributed by atoms with Crippen LogP contribution in [0.25, 0.3) is 0 Å². The molecule has 20 heavy (non-hydrogen) atoms. The Morgan fingerprint density at radius 2 is 2.00 bits per heavy atom. The van der Waals surface area contributed by atoms with Crippen LogP contribution in [0.15, 0.2) is 27.6 Å². The van der Waals surface area contributed by atoms with E-state index in [-0.39, 0.29) is 22.0 Å². The van der Waals surface area contributed by atoms with Crippen LogP contribution >= 0.6 is 27.5 Å². The van der Waals surface area contributed by atoms with Crippen LogP contribution in [0, 0.1) is 0 Å². The molecule has 0 aliphatic carbocycles. The van der Waals surface area contributed by atoms with Gasteiger partial charge in [-0.3, -0.25) is 0 Å². The summed E-state index contributed by atoms with van der Waals surface area (Å²) in [6.45, 7) is 1.60.